The van der Waals surface area contributed by atoms with E-state index < -0.39 is 0 Å². The molecule has 0 spiro atoms. The first-order valence-electron chi connectivity index (χ1n) is 3.80. The van der Waals surface area contributed by atoms with Gasteiger partial charge in [-0.15, -0.1) is 0 Å². The summed E-state index contributed by atoms with van der Waals surface area (Å²) < 4.78 is 4.16. The molecule has 0 saturated carbocycles. The van der Waals surface area contributed by atoms with Crippen LogP contribution in [0.25, 0.3) is 0 Å². The normalized spacial score (nSPS) is 10.5. The molecule has 0 aliphatic heterocycles. The summed E-state index contributed by atoms with van der Waals surface area (Å²) in [6.45, 7) is 4.99. The Balaban J connectivity index is 2.98. The molecular formula is C8H15N2O+. The Morgan fingerprint density at radius 2 is 2.18 bits per heavy atom. The Bertz CT molecular complexity index is 253. The van der Waals surface area contributed by atoms with Crippen LogP contribution in [0.15, 0.2) is 6.20 Å². The first-order valence-corrected chi connectivity index (χ1v) is 3.80. The predicted octanol–water partition coefficient (Wildman–Crippen LogP) is -0.0783. The highest BCUT2D eigenvalue weighted by Crippen LogP contribution is 1.96. The molecule has 0 aliphatic rings. The topological polar surface area (TPSA) is 29.0 Å². The molecule has 0 aromatic carbocycles. The maximum Gasteiger partial charge on any atom is 0.253 e. The lowest BCUT2D eigenvalue weighted by Crippen LogP contribution is -2.36. The summed E-state index contributed by atoms with van der Waals surface area (Å²) in [5, 5.41) is 8.71. The standard InChI is InChI=1S/C8H15N2O/c1-7-6-10(4-5-11)8(2)9(7)3/h6,11H,4-5H2,1-3H3/q+1. The fourth-order valence-corrected chi connectivity index (χ4v) is 1.19. The van der Waals surface area contributed by atoms with Crippen LogP contribution < -0.4 is 4.57 Å². The minimum atomic E-state index is 0.203. The Morgan fingerprint density at radius 1 is 1.55 bits per heavy atom. The lowest BCUT2D eigenvalue weighted by Gasteiger charge is -1.93. The number of hydrogen-bond donors (Lipinski definition) is 1. The summed E-state index contributed by atoms with van der Waals surface area (Å²) in [5.41, 5.74) is 1.22. The van der Waals surface area contributed by atoms with Crippen molar-refractivity contribution in [1.29, 1.82) is 0 Å². The Hall–Kier alpha value is -0.830. The SMILES string of the molecule is Cc1c[n+](CCO)c(C)n1C. The molecule has 1 rings (SSSR count). The first-order chi connectivity index (χ1) is 5.16. The molecule has 0 saturated heterocycles. The molecule has 1 aromatic rings. The fraction of sp³-hybridized carbons (Fsp3) is 0.625. The molecule has 0 unspecified atom stereocenters. The molecule has 1 aromatic heterocycles. The van der Waals surface area contributed by atoms with Gasteiger partial charge in [-0.2, -0.15) is 0 Å². The summed E-state index contributed by atoms with van der Waals surface area (Å²) in [5.74, 6) is 1.18. The molecule has 1 N–H and O–H groups in total. The van der Waals surface area contributed by atoms with E-state index in [1.807, 2.05) is 20.2 Å². The van der Waals surface area contributed by atoms with Gasteiger partial charge in [0.25, 0.3) is 5.82 Å². The van der Waals surface area contributed by atoms with Gasteiger partial charge in [-0.1, -0.05) is 0 Å². The molecule has 0 aliphatic carbocycles. The molecule has 0 atom stereocenters. The van der Waals surface area contributed by atoms with Gasteiger partial charge in [0.2, 0.25) is 0 Å². The highest BCUT2D eigenvalue weighted by atomic mass is 16.3. The van der Waals surface area contributed by atoms with Crippen molar-refractivity contribution in [2.75, 3.05) is 6.61 Å². The number of aliphatic hydroxyl groups excluding tert-OH is 1. The average Bonchev–Trinajstić information content (AvgIpc) is 2.19. The van der Waals surface area contributed by atoms with Gasteiger partial charge in [0.1, 0.15) is 18.4 Å². The second-order valence-corrected chi connectivity index (χ2v) is 2.79. The van der Waals surface area contributed by atoms with Crippen LogP contribution in [-0.4, -0.2) is 16.3 Å². The van der Waals surface area contributed by atoms with E-state index in [2.05, 4.69) is 16.1 Å². The fourth-order valence-electron chi connectivity index (χ4n) is 1.19. The average molecular weight is 155 g/mol. The number of aryl methyl sites for hydroxylation is 1. The molecule has 0 fully saturated rings. The van der Waals surface area contributed by atoms with E-state index in [1.54, 1.807) is 0 Å². The van der Waals surface area contributed by atoms with Crippen molar-refractivity contribution in [3.05, 3.63) is 17.7 Å². The van der Waals surface area contributed by atoms with Crippen molar-refractivity contribution >= 4 is 0 Å². The van der Waals surface area contributed by atoms with Gasteiger partial charge in [-0.25, -0.2) is 9.13 Å². The van der Waals surface area contributed by atoms with Gasteiger partial charge in [-0.05, 0) is 0 Å². The van der Waals surface area contributed by atoms with Gasteiger partial charge in [0.05, 0.1) is 13.7 Å². The second kappa shape index (κ2) is 3.05. The zero-order valence-corrected chi connectivity index (χ0v) is 7.33. The lowest BCUT2D eigenvalue weighted by molar-refractivity contribution is -0.703. The lowest BCUT2D eigenvalue weighted by atomic mass is 10.5. The van der Waals surface area contributed by atoms with Crippen molar-refractivity contribution in [2.45, 2.75) is 20.4 Å². The van der Waals surface area contributed by atoms with Crippen molar-refractivity contribution in [3.8, 4) is 0 Å². The predicted molar refractivity (Wildman–Crippen MR) is 42.2 cm³/mol. The van der Waals surface area contributed by atoms with Crippen molar-refractivity contribution in [1.82, 2.24) is 4.57 Å². The molecule has 3 heteroatoms. The molecule has 1 heterocycles. The number of imidazole rings is 1. The second-order valence-electron chi connectivity index (χ2n) is 2.79. The maximum atomic E-state index is 8.71. The van der Waals surface area contributed by atoms with Crippen LogP contribution in [0.5, 0.6) is 0 Å². The highest BCUT2D eigenvalue weighted by Gasteiger charge is 2.11. The number of rotatable bonds is 2. The molecule has 3 nitrogen and oxygen atoms in total. The van der Waals surface area contributed by atoms with E-state index in [0.29, 0.717) is 6.54 Å². The quantitative estimate of drug-likeness (QED) is 0.595. The van der Waals surface area contributed by atoms with Gasteiger partial charge in [0.15, 0.2) is 0 Å². The van der Waals surface area contributed by atoms with Crippen LogP contribution in [0.3, 0.4) is 0 Å². The third kappa shape index (κ3) is 1.43. The van der Waals surface area contributed by atoms with E-state index in [-0.39, 0.29) is 6.61 Å². The highest BCUT2D eigenvalue weighted by molar-refractivity contribution is 4.93. The Kier molecular flexibility index (Phi) is 2.29. The minimum Gasteiger partial charge on any atom is -0.392 e. The smallest absolute Gasteiger partial charge is 0.253 e. The van der Waals surface area contributed by atoms with Gasteiger partial charge < -0.3 is 5.11 Å². The molecule has 62 valence electrons. The van der Waals surface area contributed by atoms with E-state index in [0.717, 1.165) is 0 Å². The van der Waals surface area contributed by atoms with Crippen molar-refractivity contribution < 1.29 is 9.67 Å². The van der Waals surface area contributed by atoms with Crippen LogP contribution in [0.1, 0.15) is 11.5 Å². The molecule has 0 amide bonds. The number of aromatic nitrogens is 2. The van der Waals surface area contributed by atoms with E-state index in [4.69, 9.17) is 5.11 Å². The number of hydrogen-bond acceptors (Lipinski definition) is 1. The molecular weight excluding hydrogens is 140 g/mol. The monoisotopic (exact) mass is 155 g/mol. The van der Waals surface area contributed by atoms with E-state index in [1.165, 1.54) is 11.5 Å². The molecule has 0 radical (unpaired) electrons. The third-order valence-electron chi connectivity index (χ3n) is 2.11. The van der Waals surface area contributed by atoms with Crippen LogP contribution in [0, 0.1) is 13.8 Å². The number of aliphatic hydroxyl groups is 1. The zero-order valence-electron chi connectivity index (χ0n) is 7.33. The van der Waals surface area contributed by atoms with Crippen LogP contribution in [0.4, 0.5) is 0 Å². The largest absolute Gasteiger partial charge is 0.392 e. The van der Waals surface area contributed by atoms with E-state index in [9.17, 15) is 0 Å². The Labute approximate surface area is 66.9 Å². The van der Waals surface area contributed by atoms with Crippen molar-refractivity contribution in [2.24, 2.45) is 7.05 Å². The van der Waals surface area contributed by atoms with E-state index >= 15 is 0 Å². The molecule has 0 bridgehead atoms. The third-order valence-corrected chi connectivity index (χ3v) is 2.11. The van der Waals surface area contributed by atoms with Crippen LogP contribution in [0.2, 0.25) is 0 Å². The summed E-state index contributed by atoms with van der Waals surface area (Å²) >= 11 is 0. The summed E-state index contributed by atoms with van der Waals surface area (Å²) in [6, 6.07) is 0. The summed E-state index contributed by atoms with van der Waals surface area (Å²) in [6.07, 6.45) is 2.05. The zero-order chi connectivity index (χ0) is 8.43. The van der Waals surface area contributed by atoms with Gasteiger partial charge >= 0.3 is 0 Å². The van der Waals surface area contributed by atoms with Gasteiger partial charge in [-0.3, -0.25) is 0 Å². The van der Waals surface area contributed by atoms with Crippen molar-refractivity contribution in [3.63, 3.8) is 0 Å². The van der Waals surface area contributed by atoms with Crippen LogP contribution >= 0.6 is 0 Å². The summed E-state index contributed by atoms with van der Waals surface area (Å²) in [7, 11) is 2.03. The van der Waals surface area contributed by atoms with Crippen LogP contribution in [-0.2, 0) is 13.6 Å². The first kappa shape index (κ1) is 8.27. The maximum absolute atomic E-state index is 8.71. The number of nitrogens with zero attached hydrogens (tertiary/aromatic N) is 2. The van der Waals surface area contributed by atoms with Gasteiger partial charge in [0, 0.05) is 13.8 Å². The Morgan fingerprint density at radius 3 is 2.55 bits per heavy atom. The minimum absolute atomic E-state index is 0.203. The summed E-state index contributed by atoms with van der Waals surface area (Å²) in [4.78, 5) is 0. The molecule has 11 heavy (non-hydrogen) atoms.